The van der Waals surface area contributed by atoms with Crippen molar-refractivity contribution in [2.75, 3.05) is 6.61 Å². The molecule has 0 aromatic carbocycles. The maximum Gasteiger partial charge on any atom is 0.335 e. The molecule has 1 unspecified atom stereocenters. The number of aliphatic carboxylic acids is 2. The second-order valence-electron chi connectivity index (χ2n) is 23.4. The molecule has 0 spiro atoms. The fourth-order valence-electron chi connectivity index (χ4n) is 14.6. The van der Waals surface area contributed by atoms with E-state index in [0.717, 1.165) is 45.4 Å². The van der Waals surface area contributed by atoms with Gasteiger partial charge in [0.25, 0.3) is 0 Å². The summed E-state index contributed by atoms with van der Waals surface area (Å²) in [6.07, 6.45) is -9.73. The predicted molar refractivity (Wildman–Crippen MR) is 229 cm³/mol. The molecule has 0 radical (unpaired) electrons. The Labute approximate surface area is 386 Å². The Balaban J connectivity index is 1.12. The van der Waals surface area contributed by atoms with Crippen LogP contribution in [0.5, 0.6) is 0 Å². The summed E-state index contributed by atoms with van der Waals surface area (Å²) in [7, 11) is 0. The van der Waals surface area contributed by atoms with Crippen molar-refractivity contribution in [3.05, 3.63) is 11.6 Å². The number of carboxylic acid groups (broad SMARTS) is 2. The number of hydrogen-bond acceptors (Lipinski definition) is 16. The summed E-state index contributed by atoms with van der Waals surface area (Å²) in [6.45, 7) is 16.2. The van der Waals surface area contributed by atoms with Gasteiger partial charge in [-0.15, -0.1) is 0 Å². The van der Waals surface area contributed by atoms with Crippen LogP contribution in [0, 0.1) is 50.2 Å². The molecule has 9 N–H and O–H groups in total. The lowest BCUT2D eigenvalue weighted by molar-refractivity contribution is -0.325. The van der Waals surface area contributed by atoms with Gasteiger partial charge in [0.2, 0.25) is 6.29 Å². The van der Waals surface area contributed by atoms with Crippen LogP contribution < -0.4 is 0 Å². The summed E-state index contributed by atoms with van der Waals surface area (Å²) in [5.74, 6) is -4.47. The highest BCUT2D eigenvalue weighted by Gasteiger charge is 2.70. The van der Waals surface area contributed by atoms with Gasteiger partial charge in [0, 0.05) is 0 Å². The Bertz CT molecular complexity index is 1910. The van der Waals surface area contributed by atoms with Gasteiger partial charge in [0.1, 0.15) is 36.6 Å². The van der Waals surface area contributed by atoms with E-state index in [0.29, 0.717) is 25.7 Å². The van der Waals surface area contributed by atoms with Gasteiger partial charge < -0.3 is 69.6 Å². The molecule has 19 atom stereocenters. The third kappa shape index (κ3) is 8.44. The Morgan fingerprint density at radius 2 is 1.42 bits per heavy atom. The maximum atomic E-state index is 14.6. The summed E-state index contributed by atoms with van der Waals surface area (Å²) < 4.78 is 29.2. The number of allylic oxidation sites excluding steroid dienone is 2. The molecule has 18 heteroatoms. The molecule has 66 heavy (non-hydrogen) atoms. The molecule has 374 valence electrons. The molecule has 4 saturated carbocycles. The van der Waals surface area contributed by atoms with E-state index in [9.17, 15) is 60.0 Å². The third-order valence-corrected chi connectivity index (χ3v) is 18.5. The molecule has 6 fully saturated rings. The van der Waals surface area contributed by atoms with Crippen molar-refractivity contribution in [3.63, 3.8) is 0 Å². The fraction of sp³-hybridized carbons (Fsp3) is 0.875. The molecular weight excluding hydrogens is 865 g/mol. The van der Waals surface area contributed by atoms with E-state index < -0.39 is 127 Å². The molecule has 2 saturated heterocycles. The quantitative estimate of drug-likeness (QED) is 0.0817. The molecule has 0 bridgehead atoms. The molecule has 7 aliphatic rings. The minimum absolute atomic E-state index is 0.0802. The van der Waals surface area contributed by atoms with Crippen LogP contribution in [0.3, 0.4) is 0 Å². The van der Waals surface area contributed by atoms with Crippen LogP contribution in [0.25, 0.3) is 0 Å². The molecule has 2 heterocycles. The molecule has 0 aromatic heterocycles. The average molecular weight is 939 g/mol. The maximum absolute atomic E-state index is 14.6. The van der Waals surface area contributed by atoms with Crippen molar-refractivity contribution >= 4 is 23.9 Å². The molecule has 0 amide bonds. The predicted octanol–water partition coefficient (Wildman–Crippen LogP) is 2.58. The van der Waals surface area contributed by atoms with Gasteiger partial charge in [0.15, 0.2) is 18.5 Å². The topological polar surface area (TPSA) is 296 Å². The first-order valence-electron chi connectivity index (χ1n) is 23.7. The number of esters is 2. The van der Waals surface area contributed by atoms with Crippen LogP contribution in [0.15, 0.2) is 11.6 Å². The first-order valence-corrected chi connectivity index (χ1v) is 23.7. The second kappa shape index (κ2) is 17.6. The number of carboxylic acids is 2. The van der Waals surface area contributed by atoms with E-state index in [4.69, 9.17) is 28.8 Å². The lowest BCUT2D eigenvalue weighted by Gasteiger charge is -2.71. The van der Waals surface area contributed by atoms with E-state index in [1.54, 1.807) is 0 Å². The van der Waals surface area contributed by atoms with Crippen molar-refractivity contribution in [2.45, 2.75) is 206 Å². The van der Waals surface area contributed by atoms with Gasteiger partial charge in [-0.25, -0.2) is 4.79 Å². The molecule has 5 aliphatic carbocycles. The Kier molecular flexibility index (Phi) is 13.6. The number of carbonyl (C=O) groups is 4. The summed E-state index contributed by atoms with van der Waals surface area (Å²) in [4.78, 5) is 51.1. The van der Waals surface area contributed by atoms with E-state index in [-0.39, 0.29) is 39.4 Å². The zero-order valence-corrected chi connectivity index (χ0v) is 39.6. The van der Waals surface area contributed by atoms with Gasteiger partial charge in [-0.3, -0.25) is 14.4 Å². The van der Waals surface area contributed by atoms with Gasteiger partial charge in [-0.05, 0) is 116 Å². The summed E-state index contributed by atoms with van der Waals surface area (Å²) in [6, 6.07) is 0. The largest absolute Gasteiger partial charge is 0.481 e. The van der Waals surface area contributed by atoms with Crippen LogP contribution in [0.4, 0.5) is 0 Å². The minimum atomic E-state index is -2.02. The second-order valence-corrected chi connectivity index (χ2v) is 23.4. The van der Waals surface area contributed by atoms with Crippen LogP contribution >= 0.6 is 0 Å². The highest BCUT2D eigenvalue weighted by molar-refractivity contribution is 5.79. The van der Waals surface area contributed by atoms with Crippen molar-refractivity contribution in [1.82, 2.24) is 0 Å². The number of ether oxygens (including phenoxy) is 5. The standard InChI is InChI=1S/C48H74O18/c1-42(2)15-17-48(41(60)66-39-33(55)32(54)31(53)25(22-49)62-39)18-16-46(7)23(24(48)19-42)9-10-27-45(6)13-12-28(43(3,4)26(45)11-14-47(27,46)8)63-40-35(57)36(34(56)37(65-40)38(58)59)64-30(52)21-44(5,61)20-29(50)51/h9,24-28,31-37,39-40,49,53-57,61H,10-22H2,1-8H3,(H,50,51)(H,58,59)/t24-,25+,26-,27+,28-,31+,32-,33+,34-,35+,36-,37-,39-,40+,44?,45-,46+,47+,48-/m0/s1. The van der Waals surface area contributed by atoms with Crippen molar-refractivity contribution in [2.24, 2.45) is 50.2 Å². The van der Waals surface area contributed by atoms with Crippen LogP contribution in [-0.4, -0.2) is 150 Å². The highest BCUT2D eigenvalue weighted by atomic mass is 16.7. The smallest absolute Gasteiger partial charge is 0.335 e. The van der Waals surface area contributed by atoms with E-state index >= 15 is 0 Å². The van der Waals surface area contributed by atoms with Crippen LogP contribution in [-0.2, 0) is 42.9 Å². The zero-order chi connectivity index (χ0) is 48.9. The molecular formula is C48H74O18. The number of rotatable bonds is 11. The fourth-order valence-corrected chi connectivity index (χ4v) is 14.6. The lowest BCUT2D eigenvalue weighted by atomic mass is 9.33. The van der Waals surface area contributed by atoms with Crippen LogP contribution in [0.1, 0.15) is 132 Å². The van der Waals surface area contributed by atoms with Crippen LogP contribution in [0.2, 0.25) is 0 Å². The van der Waals surface area contributed by atoms with Crippen molar-refractivity contribution < 1.29 is 88.8 Å². The monoisotopic (exact) mass is 938 g/mol. The van der Waals surface area contributed by atoms with Gasteiger partial charge >= 0.3 is 23.9 Å². The third-order valence-electron chi connectivity index (χ3n) is 18.5. The van der Waals surface area contributed by atoms with E-state index in [2.05, 4.69) is 54.5 Å². The average Bonchev–Trinajstić information content (AvgIpc) is 3.20. The summed E-state index contributed by atoms with van der Waals surface area (Å²) in [5.41, 5.74) is -3.01. The number of aliphatic hydroxyl groups is 7. The number of carbonyl (C=O) groups excluding carboxylic acids is 2. The first kappa shape index (κ1) is 51.1. The number of hydrogen-bond donors (Lipinski definition) is 9. The SMILES string of the molecule is CC1(C)CC[C@]2(C(=O)O[C@@H]3O[C@H](CO)[C@@H](O)[C@H](O)[C@H]3O)CC[C@]3(C)C(=CC[C@@H]4[C@@]5(C)CC[C@H](O[C@@H]6O[C@H](C(=O)O)[C@@H](O)[C@H](OC(=O)CC(C)(O)CC(=O)O)[C@H]6O)C(C)(C)[C@@H]5CC[C@]43C)[C@@H]2C1. The zero-order valence-electron chi connectivity index (χ0n) is 39.6. The first-order chi connectivity index (χ1) is 30.5. The molecule has 18 nitrogen and oxygen atoms in total. The highest BCUT2D eigenvalue weighted by Crippen LogP contribution is 2.76. The number of aliphatic hydroxyl groups excluding tert-OH is 6. The van der Waals surface area contributed by atoms with Crippen molar-refractivity contribution in [1.29, 1.82) is 0 Å². The van der Waals surface area contributed by atoms with E-state index in [1.807, 2.05) is 0 Å². The van der Waals surface area contributed by atoms with Gasteiger partial charge in [-0.2, -0.15) is 0 Å². The summed E-state index contributed by atoms with van der Waals surface area (Å²) >= 11 is 0. The van der Waals surface area contributed by atoms with Crippen molar-refractivity contribution in [3.8, 4) is 0 Å². The minimum Gasteiger partial charge on any atom is -0.481 e. The summed E-state index contributed by atoms with van der Waals surface area (Å²) in [5, 5.41) is 93.5. The van der Waals surface area contributed by atoms with E-state index in [1.165, 1.54) is 5.57 Å². The normalized spacial score (nSPS) is 47.0. The number of fused-ring (bicyclic) bond motifs is 7. The lowest BCUT2D eigenvalue weighted by Crippen LogP contribution is -2.66. The van der Waals surface area contributed by atoms with Gasteiger partial charge in [0.05, 0.1) is 36.6 Å². The Morgan fingerprint density at radius 3 is 2.06 bits per heavy atom. The Morgan fingerprint density at radius 1 is 0.758 bits per heavy atom. The van der Waals surface area contributed by atoms with Gasteiger partial charge in [-0.1, -0.05) is 60.1 Å². The molecule has 0 aromatic rings. The molecule has 7 rings (SSSR count). The molecule has 2 aliphatic heterocycles. The Hall–Kier alpha value is -2.78.